The predicted octanol–water partition coefficient (Wildman–Crippen LogP) is 3.82. The van der Waals surface area contributed by atoms with Crippen molar-refractivity contribution >= 4 is 11.7 Å². The minimum atomic E-state index is -1.95. The van der Waals surface area contributed by atoms with Crippen LogP contribution in [0.3, 0.4) is 0 Å². The number of nitrogens with zero attached hydrogens (tertiary/aromatic N) is 2. The molecule has 3 aromatic carbocycles. The number of rotatable bonds is 10. The van der Waals surface area contributed by atoms with Crippen molar-refractivity contribution in [1.29, 1.82) is 0 Å². The van der Waals surface area contributed by atoms with Crippen LogP contribution in [0.2, 0.25) is 0 Å². The fourth-order valence-corrected chi connectivity index (χ4v) is 5.20. The van der Waals surface area contributed by atoms with E-state index in [-0.39, 0.29) is 12.4 Å². The van der Waals surface area contributed by atoms with Gasteiger partial charge in [0.2, 0.25) is 5.91 Å². The summed E-state index contributed by atoms with van der Waals surface area (Å²) in [6.45, 7) is 1.04. The van der Waals surface area contributed by atoms with Crippen LogP contribution in [0.5, 0.6) is 11.5 Å². The molecule has 2 heterocycles. The third-order valence-electron chi connectivity index (χ3n) is 7.34. The Balaban J connectivity index is 1.51. The highest BCUT2D eigenvalue weighted by molar-refractivity contribution is 5.87. The van der Waals surface area contributed by atoms with Crippen LogP contribution in [0.25, 0.3) is 0 Å². The number of amides is 1. The molecule has 0 bridgehead atoms. The van der Waals surface area contributed by atoms with E-state index >= 15 is 4.39 Å². The SMILES string of the molecule is COc1ccc(C(OC[C@H]2O[C@@H](n3ccc(NC(C)=O)nc3=O)[C@H](F)C2O)(c2ccccc2)c2ccc(OC)cc2)cc1. The van der Waals surface area contributed by atoms with Crippen LogP contribution in [0.1, 0.15) is 29.8 Å². The van der Waals surface area contributed by atoms with E-state index in [0.717, 1.165) is 21.3 Å². The molecule has 1 fully saturated rings. The Morgan fingerprint density at radius 1 is 0.953 bits per heavy atom. The van der Waals surface area contributed by atoms with Crippen LogP contribution < -0.4 is 20.5 Å². The van der Waals surface area contributed by atoms with E-state index in [1.54, 1.807) is 14.2 Å². The fraction of sp³-hybridized carbons (Fsp3) is 0.281. The summed E-state index contributed by atoms with van der Waals surface area (Å²) in [4.78, 5) is 27.8. The van der Waals surface area contributed by atoms with Crippen molar-refractivity contribution < 1.29 is 33.2 Å². The summed E-state index contributed by atoms with van der Waals surface area (Å²) < 4.78 is 39.8. The highest BCUT2D eigenvalue weighted by atomic mass is 19.1. The number of aromatic nitrogens is 2. The first-order valence-corrected chi connectivity index (χ1v) is 13.6. The van der Waals surface area contributed by atoms with Gasteiger partial charge >= 0.3 is 5.69 Å². The molecule has 1 unspecified atom stereocenters. The number of benzene rings is 3. The largest absolute Gasteiger partial charge is 0.497 e. The van der Waals surface area contributed by atoms with Crippen molar-refractivity contribution in [2.45, 2.75) is 37.1 Å². The number of aliphatic hydroxyl groups is 1. The minimum absolute atomic E-state index is 0.0224. The molecule has 224 valence electrons. The van der Waals surface area contributed by atoms with Gasteiger partial charge in [-0.15, -0.1) is 0 Å². The zero-order valence-corrected chi connectivity index (χ0v) is 23.8. The summed E-state index contributed by atoms with van der Waals surface area (Å²) in [5, 5.41) is 13.3. The molecule has 1 aliphatic rings. The number of nitrogens with one attached hydrogen (secondary N) is 1. The van der Waals surface area contributed by atoms with Crippen molar-refractivity contribution in [1.82, 2.24) is 9.55 Å². The maximum absolute atomic E-state index is 15.4. The standard InChI is InChI=1S/C32H32FN3O7/c1-20(37)34-27-17-18-36(31(39)35-27)30-28(33)29(38)26(43-30)19-42-32(21-7-5-4-6-8-21,22-9-13-24(40-2)14-10-22)23-11-15-25(41-3)16-12-23/h4-18,26,28-30,38H,19H2,1-3H3,(H,34,35,37,39)/t26-,28-,29?,30-/m1/s1. The van der Waals surface area contributed by atoms with Crippen molar-refractivity contribution in [3.8, 4) is 11.5 Å². The van der Waals surface area contributed by atoms with E-state index in [1.807, 2.05) is 78.9 Å². The quantitative estimate of drug-likeness (QED) is 0.268. The summed E-state index contributed by atoms with van der Waals surface area (Å²) in [6, 6.07) is 25.6. The van der Waals surface area contributed by atoms with Gasteiger partial charge in [0.05, 0.1) is 20.8 Å². The molecule has 1 saturated heterocycles. The highest BCUT2D eigenvalue weighted by Gasteiger charge is 2.47. The number of methoxy groups -OCH3 is 2. The second-order valence-corrected chi connectivity index (χ2v) is 10.00. The molecule has 1 aliphatic heterocycles. The summed E-state index contributed by atoms with van der Waals surface area (Å²) in [5.74, 6) is 0.922. The third-order valence-corrected chi connectivity index (χ3v) is 7.34. The topological polar surface area (TPSA) is 121 Å². The molecule has 5 rings (SSSR count). The molecule has 1 aromatic heterocycles. The van der Waals surface area contributed by atoms with Gasteiger partial charge in [-0.25, -0.2) is 9.18 Å². The molecule has 0 aliphatic carbocycles. The molecule has 4 aromatic rings. The average Bonchev–Trinajstić information content (AvgIpc) is 3.31. The number of hydrogen-bond acceptors (Lipinski definition) is 8. The van der Waals surface area contributed by atoms with Crippen LogP contribution in [0.4, 0.5) is 10.2 Å². The molecule has 0 spiro atoms. The van der Waals surface area contributed by atoms with Crippen molar-refractivity contribution in [2.24, 2.45) is 0 Å². The average molecular weight is 590 g/mol. The van der Waals surface area contributed by atoms with Crippen LogP contribution in [-0.4, -0.2) is 59.8 Å². The number of hydrogen-bond donors (Lipinski definition) is 2. The maximum atomic E-state index is 15.4. The van der Waals surface area contributed by atoms with E-state index in [2.05, 4.69) is 10.3 Å². The number of carbonyl (C=O) groups is 1. The Hall–Kier alpha value is -4.58. The lowest BCUT2D eigenvalue weighted by molar-refractivity contribution is -0.114. The molecule has 4 atom stereocenters. The van der Waals surface area contributed by atoms with E-state index in [4.69, 9.17) is 18.9 Å². The van der Waals surface area contributed by atoms with Gasteiger partial charge in [0.15, 0.2) is 12.4 Å². The summed E-state index contributed by atoms with van der Waals surface area (Å²) >= 11 is 0. The summed E-state index contributed by atoms with van der Waals surface area (Å²) in [7, 11) is 3.16. The first-order chi connectivity index (χ1) is 20.8. The van der Waals surface area contributed by atoms with Crippen LogP contribution in [0.15, 0.2) is 95.9 Å². The summed E-state index contributed by atoms with van der Waals surface area (Å²) in [6.07, 6.45) is -4.89. The maximum Gasteiger partial charge on any atom is 0.351 e. The number of anilines is 1. The van der Waals surface area contributed by atoms with E-state index in [9.17, 15) is 14.7 Å². The lowest BCUT2D eigenvalue weighted by Gasteiger charge is -2.37. The Labute approximate surface area is 247 Å². The minimum Gasteiger partial charge on any atom is -0.497 e. The second-order valence-electron chi connectivity index (χ2n) is 10.00. The number of halogens is 1. The van der Waals surface area contributed by atoms with E-state index in [0.29, 0.717) is 11.5 Å². The second kappa shape index (κ2) is 12.7. The van der Waals surface area contributed by atoms with Gasteiger partial charge in [0.25, 0.3) is 0 Å². The van der Waals surface area contributed by atoms with Crippen molar-refractivity contribution in [3.63, 3.8) is 0 Å². The lowest BCUT2D eigenvalue weighted by Crippen LogP contribution is -2.39. The third kappa shape index (κ3) is 6.00. The Kier molecular flexibility index (Phi) is 8.86. The van der Waals surface area contributed by atoms with Crippen molar-refractivity contribution in [2.75, 3.05) is 26.1 Å². The Morgan fingerprint density at radius 2 is 1.51 bits per heavy atom. The predicted molar refractivity (Wildman–Crippen MR) is 156 cm³/mol. The molecule has 1 amide bonds. The van der Waals surface area contributed by atoms with Crippen LogP contribution in [0, 0.1) is 0 Å². The number of aliphatic hydroxyl groups excluding tert-OH is 1. The number of carbonyl (C=O) groups excluding carboxylic acids is 1. The molecule has 0 saturated carbocycles. The zero-order valence-electron chi connectivity index (χ0n) is 23.8. The van der Waals surface area contributed by atoms with Gasteiger partial charge < -0.3 is 29.4 Å². The smallest absolute Gasteiger partial charge is 0.351 e. The lowest BCUT2D eigenvalue weighted by atomic mass is 9.80. The zero-order chi connectivity index (χ0) is 30.6. The first-order valence-electron chi connectivity index (χ1n) is 13.6. The normalized spacial score (nSPS) is 20.0. The first kappa shape index (κ1) is 29.9. The molecule has 10 nitrogen and oxygen atoms in total. The molecule has 11 heteroatoms. The molecule has 2 N–H and O–H groups in total. The summed E-state index contributed by atoms with van der Waals surface area (Å²) in [5.41, 5.74) is 0.215. The van der Waals surface area contributed by atoms with E-state index < -0.39 is 41.8 Å². The molecule has 0 radical (unpaired) electrons. The van der Waals surface area contributed by atoms with Gasteiger partial charge in [-0.2, -0.15) is 4.98 Å². The molecular weight excluding hydrogens is 557 g/mol. The highest BCUT2D eigenvalue weighted by Crippen LogP contribution is 2.43. The molecular formula is C32H32FN3O7. The fourth-order valence-electron chi connectivity index (χ4n) is 5.20. The van der Waals surface area contributed by atoms with Gasteiger partial charge in [-0.3, -0.25) is 9.36 Å². The van der Waals surface area contributed by atoms with Gasteiger partial charge in [-0.1, -0.05) is 54.6 Å². The Bertz CT molecular complexity index is 1550. The van der Waals surface area contributed by atoms with Crippen LogP contribution >= 0.6 is 0 Å². The van der Waals surface area contributed by atoms with Crippen molar-refractivity contribution in [3.05, 3.63) is 118 Å². The van der Waals surface area contributed by atoms with Gasteiger partial charge in [0.1, 0.15) is 35.1 Å². The number of ether oxygens (including phenoxy) is 4. The van der Waals surface area contributed by atoms with E-state index in [1.165, 1.54) is 19.2 Å². The van der Waals surface area contributed by atoms with Crippen LogP contribution in [-0.2, 0) is 19.9 Å². The monoisotopic (exact) mass is 589 g/mol. The Morgan fingerprint density at radius 3 is 2.02 bits per heavy atom. The van der Waals surface area contributed by atoms with Gasteiger partial charge in [-0.05, 0) is 47.0 Å². The molecule has 43 heavy (non-hydrogen) atoms. The van der Waals surface area contributed by atoms with Gasteiger partial charge in [0, 0.05) is 13.1 Å². The number of alkyl halides is 1.